The summed E-state index contributed by atoms with van der Waals surface area (Å²) in [6.07, 6.45) is 3.46. The minimum absolute atomic E-state index is 0.0176. The summed E-state index contributed by atoms with van der Waals surface area (Å²) in [6.45, 7) is 0.175. The monoisotopic (exact) mass is 519 g/mol. The third-order valence-corrected chi connectivity index (χ3v) is 6.83. The average Bonchev–Trinajstić information content (AvgIpc) is 3.33. The number of nitrogens with zero attached hydrogens (tertiary/aromatic N) is 2. The van der Waals surface area contributed by atoms with Crippen LogP contribution in [0.4, 0.5) is 14.9 Å². The van der Waals surface area contributed by atoms with Gasteiger partial charge in [-0.15, -0.1) is 0 Å². The highest BCUT2D eigenvalue weighted by Gasteiger charge is 2.35. The molecule has 6 nitrogen and oxygen atoms in total. The zero-order valence-electron chi connectivity index (χ0n) is 18.8. The molecule has 0 saturated carbocycles. The van der Waals surface area contributed by atoms with Gasteiger partial charge in [0.1, 0.15) is 12.4 Å². The van der Waals surface area contributed by atoms with Crippen LogP contribution < -0.4 is 5.32 Å². The SMILES string of the molecule is O=C(Cn1cc(/C=C2/SC(=O)N(Cc3ccc(Cl)cc3)C2=O)c2ccccc21)Nc1ccc(F)cc1. The van der Waals surface area contributed by atoms with Gasteiger partial charge in [-0.3, -0.25) is 19.3 Å². The topological polar surface area (TPSA) is 71.4 Å². The molecular weight excluding hydrogens is 501 g/mol. The molecule has 3 aromatic carbocycles. The molecule has 0 atom stereocenters. The molecule has 0 radical (unpaired) electrons. The molecule has 2 heterocycles. The number of carbonyl (C=O) groups excluding carboxylic acids is 3. The number of anilines is 1. The molecule has 1 aromatic heterocycles. The molecular formula is C27H19ClFN3O3S. The van der Waals surface area contributed by atoms with Crippen molar-refractivity contribution in [3.05, 3.63) is 106 Å². The molecule has 1 aliphatic heterocycles. The number of nitrogens with one attached hydrogen (secondary N) is 1. The van der Waals surface area contributed by atoms with Crippen molar-refractivity contribution in [1.29, 1.82) is 0 Å². The normalized spacial score (nSPS) is 14.7. The lowest BCUT2D eigenvalue weighted by Crippen LogP contribution is -2.27. The molecule has 180 valence electrons. The minimum Gasteiger partial charge on any atom is -0.337 e. The molecule has 1 fully saturated rings. The second-order valence-electron chi connectivity index (χ2n) is 8.18. The molecule has 5 rings (SSSR count). The number of aromatic nitrogens is 1. The van der Waals surface area contributed by atoms with E-state index in [-0.39, 0.29) is 36.0 Å². The number of benzene rings is 3. The molecule has 0 bridgehead atoms. The summed E-state index contributed by atoms with van der Waals surface area (Å²) >= 11 is 6.81. The van der Waals surface area contributed by atoms with Gasteiger partial charge in [0.05, 0.1) is 11.4 Å². The van der Waals surface area contributed by atoms with Gasteiger partial charge in [-0.1, -0.05) is 41.9 Å². The van der Waals surface area contributed by atoms with Crippen molar-refractivity contribution in [2.24, 2.45) is 0 Å². The third kappa shape index (κ3) is 5.05. The maximum Gasteiger partial charge on any atom is 0.293 e. The molecule has 9 heteroatoms. The third-order valence-electron chi connectivity index (χ3n) is 5.68. The number of imide groups is 1. The standard InChI is InChI=1S/C27H19ClFN3O3S/c28-19-7-5-17(6-8-19)14-32-26(34)24(36-27(32)35)13-18-15-31(23-4-2-1-3-22(18)23)16-25(33)30-21-11-9-20(29)10-12-21/h1-13,15H,14,16H2,(H,30,33)/b24-13+. The Balaban J connectivity index is 1.38. The smallest absolute Gasteiger partial charge is 0.293 e. The van der Waals surface area contributed by atoms with Gasteiger partial charge in [0.15, 0.2) is 0 Å². The molecule has 36 heavy (non-hydrogen) atoms. The lowest BCUT2D eigenvalue weighted by molar-refractivity contribution is -0.123. The van der Waals surface area contributed by atoms with Crippen LogP contribution in [0.15, 0.2) is 83.9 Å². The van der Waals surface area contributed by atoms with E-state index in [2.05, 4.69) is 5.32 Å². The van der Waals surface area contributed by atoms with Crippen molar-refractivity contribution < 1.29 is 18.8 Å². The first kappa shape index (κ1) is 23.8. The summed E-state index contributed by atoms with van der Waals surface area (Å²) in [4.78, 5) is 39.8. The van der Waals surface area contributed by atoms with E-state index in [1.165, 1.54) is 29.2 Å². The number of halogens is 2. The number of hydrogen-bond donors (Lipinski definition) is 1. The largest absolute Gasteiger partial charge is 0.337 e. The quantitative estimate of drug-likeness (QED) is 0.303. The lowest BCUT2D eigenvalue weighted by atomic mass is 10.1. The maximum atomic E-state index is 13.1. The second-order valence-corrected chi connectivity index (χ2v) is 9.61. The predicted octanol–water partition coefficient (Wildman–Crippen LogP) is 6.31. The van der Waals surface area contributed by atoms with Crippen molar-refractivity contribution in [3.63, 3.8) is 0 Å². The predicted molar refractivity (Wildman–Crippen MR) is 140 cm³/mol. The van der Waals surface area contributed by atoms with Crippen LogP contribution in [0.3, 0.4) is 0 Å². The molecule has 4 aromatic rings. The van der Waals surface area contributed by atoms with Crippen LogP contribution in [0.5, 0.6) is 0 Å². The highest BCUT2D eigenvalue weighted by molar-refractivity contribution is 8.18. The Hall–Kier alpha value is -3.88. The van der Waals surface area contributed by atoms with Crippen LogP contribution in [-0.4, -0.2) is 26.5 Å². The van der Waals surface area contributed by atoms with Gasteiger partial charge in [-0.2, -0.15) is 0 Å². The Morgan fingerprint density at radius 3 is 2.47 bits per heavy atom. The summed E-state index contributed by atoms with van der Waals surface area (Å²) < 4.78 is 14.9. The van der Waals surface area contributed by atoms with Crippen LogP contribution in [-0.2, 0) is 22.7 Å². The van der Waals surface area contributed by atoms with Crippen molar-refractivity contribution >= 4 is 63.1 Å². The number of carbonyl (C=O) groups is 3. The Bertz CT molecular complexity index is 1510. The molecule has 0 aliphatic carbocycles. The highest BCUT2D eigenvalue weighted by atomic mass is 35.5. The van der Waals surface area contributed by atoms with E-state index >= 15 is 0 Å². The van der Waals surface area contributed by atoms with Gasteiger partial charge in [-0.05, 0) is 65.9 Å². The van der Waals surface area contributed by atoms with Crippen LogP contribution in [0.2, 0.25) is 5.02 Å². The number of hydrogen-bond acceptors (Lipinski definition) is 4. The fourth-order valence-electron chi connectivity index (χ4n) is 3.96. The van der Waals surface area contributed by atoms with Crippen molar-refractivity contribution in [2.75, 3.05) is 5.32 Å². The summed E-state index contributed by atoms with van der Waals surface area (Å²) in [5, 5.41) is 3.83. The highest BCUT2D eigenvalue weighted by Crippen LogP contribution is 2.35. The van der Waals surface area contributed by atoms with Gasteiger partial charge in [0, 0.05) is 33.4 Å². The van der Waals surface area contributed by atoms with Crippen molar-refractivity contribution in [3.8, 4) is 0 Å². The van der Waals surface area contributed by atoms with E-state index in [0.717, 1.165) is 33.8 Å². The zero-order chi connectivity index (χ0) is 25.2. The van der Waals surface area contributed by atoms with E-state index in [9.17, 15) is 18.8 Å². The Kier molecular flexibility index (Phi) is 6.63. The lowest BCUT2D eigenvalue weighted by Gasteiger charge is -2.12. The van der Waals surface area contributed by atoms with Gasteiger partial charge in [0.25, 0.3) is 11.1 Å². The molecule has 0 spiro atoms. The molecule has 1 saturated heterocycles. The van der Waals surface area contributed by atoms with Gasteiger partial charge in [0.2, 0.25) is 5.91 Å². The van der Waals surface area contributed by atoms with E-state index in [0.29, 0.717) is 15.6 Å². The van der Waals surface area contributed by atoms with Gasteiger partial charge < -0.3 is 9.88 Å². The Labute approximate surface area is 215 Å². The average molecular weight is 520 g/mol. The summed E-state index contributed by atoms with van der Waals surface area (Å²) in [7, 11) is 0. The first-order valence-electron chi connectivity index (χ1n) is 11.0. The number of amides is 3. The summed E-state index contributed by atoms with van der Waals surface area (Å²) in [5.41, 5.74) is 2.81. The first-order valence-corrected chi connectivity index (χ1v) is 12.2. The Morgan fingerprint density at radius 1 is 1.00 bits per heavy atom. The summed E-state index contributed by atoms with van der Waals surface area (Å²) in [6, 6.07) is 20.0. The van der Waals surface area contributed by atoms with Crippen LogP contribution >= 0.6 is 23.4 Å². The van der Waals surface area contributed by atoms with E-state index in [4.69, 9.17) is 11.6 Å². The van der Waals surface area contributed by atoms with E-state index < -0.39 is 0 Å². The minimum atomic E-state index is -0.383. The van der Waals surface area contributed by atoms with E-state index in [1.54, 1.807) is 41.1 Å². The fourth-order valence-corrected chi connectivity index (χ4v) is 4.91. The first-order chi connectivity index (χ1) is 17.4. The molecule has 3 amide bonds. The zero-order valence-corrected chi connectivity index (χ0v) is 20.4. The van der Waals surface area contributed by atoms with E-state index in [1.807, 2.05) is 24.3 Å². The fraction of sp³-hybridized carbons (Fsp3) is 0.0741. The molecule has 1 aliphatic rings. The van der Waals surface area contributed by atoms with Crippen molar-refractivity contribution in [2.45, 2.75) is 13.1 Å². The molecule has 1 N–H and O–H groups in total. The number of rotatable bonds is 6. The number of fused-ring (bicyclic) bond motifs is 1. The Morgan fingerprint density at radius 2 is 1.72 bits per heavy atom. The van der Waals surface area contributed by atoms with Gasteiger partial charge in [-0.25, -0.2) is 4.39 Å². The van der Waals surface area contributed by atoms with Crippen LogP contribution in [0.1, 0.15) is 11.1 Å². The van der Waals surface area contributed by atoms with Crippen molar-refractivity contribution in [1.82, 2.24) is 9.47 Å². The summed E-state index contributed by atoms with van der Waals surface area (Å²) in [5.74, 6) is -1.03. The number of thioether (sulfide) groups is 1. The van der Waals surface area contributed by atoms with Gasteiger partial charge >= 0.3 is 0 Å². The second kappa shape index (κ2) is 10.0. The molecule has 0 unspecified atom stereocenters. The number of para-hydroxylation sites is 1. The van der Waals surface area contributed by atoms with Crippen LogP contribution in [0.25, 0.3) is 17.0 Å². The maximum absolute atomic E-state index is 13.1. The van der Waals surface area contributed by atoms with Crippen LogP contribution in [0, 0.1) is 5.82 Å².